The summed E-state index contributed by atoms with van der Waals surface area (Å²) in [6.07, 6.45) is 0. The second-order valence-electron chi connectivity index (χ2n) is 7.68. The molecule has 160 valence electrons. The molecule has 1 aliphatic rings. The van der Waals surface area contributed by atoms with Gasteiger partial charge in [-0.25, -0.2) is 0 Å². The number of nitrogens with one attached hydrogen (secondary N) is 1. The second-order valence-corrected chi connectivity index (χ2v) is 7.68. The van der Waals surface area contributed by atoms with E-state index in [2.05, 4.69) is 5.32 Å². The van der Waals surface area contributed by atoms with Gasteiger partial charge in [0.2, 0.25) is 5.91 Å². The fraction of sp³-hybridized carbons (Fsp3) is 0.292. The lowest BCUT2D eigenvalue weighted by Gasteiger charge is -2.34. The molecule has 2 heterocycles. The van der Waals surface area contributed by atoms with E-state index in [0.29, 0.717) is 60.6 Å². The first-order valence-corrected chi connectivity index (χ1v) is 10.3. The van der Waals surface area contributed by atoms with E-state index in [9.17, 15) is 14.4 Å². The predicted octanol–water partition coefficient (Wildman–Crippen LogP) is 2.27. The Morgan fingerprint density at radius 3 is 2.39 bits per heavy atom. The van der Waals surface area contributed by atoms with Crippen molar-refractivity contribution in [2.24, 2.45) is 0 Å². The summed E-state index contributed by atoms with van der Waals surface area (Å²) in [5.74, 6) is 0.268. The van der Waals surface area contributed by atoms with Crippen molar-refractivity contribution in [3.05, 3.63) is 69.9 Å². The maximum Gasteiger partial charge on any atom is 0.257 e. The third kappa shape index (κ3) is 4.09. The number of nitrogens with zero attached hydrogens (tertiary/aromatic N) is 2. The Balaban J connectivity index is 1.67. The molecular formula is C24H25N3O4. The van der Waals surface area contributed by atoms with Crippen molar-refractivity contribution in [2.45, 2.75) is 6.92 Å². The van der Waals surface area contributed by atoms with Gasteiger partial charge in [-0.1, -0.05) is 36.4 Å². The molecule has 0 unspecified atom stereocenters. The zero-order chi connectivity index (χ0) is 22.0. The standard InChI is InChI=1S/C24H25N3O4/c1-16-21(29)18-9-6-10-19(23(18)31-22(16)17-7-4-3-5-8-17)24(30)27-13-11-26(12-14-27)15-20(28)25-2/h3-10H,11-15H2,1-2H3,(H,25,28). The highest BCUT2D eigenvalue weighted by atomic mass is 16.3. The Morgan fingerprint density at radius 2 is 1.71 bits per heavy atom. The van der Waals surface area contributed by atoms with E-state index in [-0.39, 0.29) is 17.2 Å². The van der Waals surface area contributed by atoms with Gasteiger partial charge in [-0.3, -0.25) is 19.3 Å². The van der Waals surface area contributed by atoms with E-state index in [4.69, 9.17) is 4.42 Å². The maximum absolute atomic E-state index is 13.3. The van der Waals surface area contributed by atoms with Crippen molar-refractivity contribution >= 4 is 22.8 Å². The largest absolute Gasteiger partial charge is 0.455 e. The summed E-state index contributed by atoms with van der Waals surface area (Å²) in [5, 5.41) is 3.02. The average Bonchev–Trinajstić information content (AvgIpc) is 2.81. The molecule has 1 aromatic heterocycles. The fourth-order valence-corrected chi connectivity index (χ4v) is 3.90. The van der Waals surface area contributed by atoms with Crippen LogP contribution in [0.3, 0.4) is 0 Å². The molecule has 1 N–H and O–H groups in total. The summed E-state index contributed by atoms with van der Waals surface area (Å²) in [7, 11) is 1.61. The number of carbonyl (C=O) groups excluding carboxylic acids is 2. The van der Waals surface area contributed by atoms with Gasteiger partial charge in [-0.05, 0) is 19.1 Å². The molecule has 7 nitrogen and oxygen atoms in total. The molecule has 31 heavy (non-hydrogen) atoms. The molecule has 0 bridgehead atoms. The van der Waals surface area contributed by atoms with E-state index in [1.165, 1.54) is 0 Å². The normalized spacial score (nSPS) is 14.6. The van der Waals surface area contributed by atoms with E-state index < -0.39 is 0 Å². The minimum absolute atomic E-state index is 0.0422. The lowest BCUT2D eigenvalue weighted by atomic mass is 10.0. The fourth-order valence-electron chi connectivity index (χ4n) is 3.90. The zero-order valence-electron chi connectivity index (χ0n) is 17.7. The average molecular weight is 419 g/mol. The molecule has 1 fully saturated rings. The number of benzene rings is 2. The van der Waals surface area contributed by atoms with Crippen LogP contribution in [0.4, 0.5) is 0 Å². The molecule has 2 amide bonds. The summed E-state index contributed by atoms with van der Waals surface area (Å²) in [6.45, 7) is 4.31. The number of carbonyl (C=O) groups is 2. The lowest BCUT2D eigenvalue weighted by molar-refractivity contribution is -0.122. The molecule has 0 radical (unpaired) electrons. The van der Waals surface area contributed by atoms with Gasteiger partial charge in [-0.15, -0.1) is 0 Å². The highest BCUT2D eigenvalue weighted by Gasteiger charge is 2.26. The molecule has 0 saturated carbocycles. The van der Waals surface area contributed by atoms with Crippen LogP contribution in [-0.2, 0) is 4.79 Å². The highest BCUT2D eigenvalue weighted by Crippen LogP contribution is 2.28. The van der Waals surface area contributed by atoms with Crippen molar-refractivity contribution in [1.29, 1.82) is 0 Å². The van der Waals surface area contributed by atoms with E-state index >= 15 is 0 Å². The number of likely N-dealkylation sites (N-methyl/N-ethyl adjacent to an activating group) is 1. The Hall–Kier alpha value is -3.45. The minimum Gasteiger partial charge on any atom is -0.455 e. The van der Waals surface area contributed by atoms with Crippen molar-refractivity contribution in [2.75, 3.05) is 39.8 Å². The van der Waals surface area contributed by atoms with E-state index in [0.717, 1.165) is 5.56 Å². The van der Waals surface area contributed by atoms with Gasteiger partial charge in [0.15, 0.2) is 11.0 Å². The van der Waals surface area contributed by atoms with Crippen LogP contribution in [0.5, 0.6) is 0 Å². The van der Waals surface area contributed by atoms with Gasteiger partial charge in [0.25, 0.3) is 5.91 Å². The Kier molecular flexibility index (Phi) is 5.86. The molecule has 0 spiro atoms. The van der Waals surface area contributed by atoms with E-state index in [1.54, 1.807) is 37.1 Å². The number of piperazine rings is 1. The maximum atomic E-state index is 13.3. The molecule has 0 aliphatic carbocycles. The number of hydrogen-bond donors (Lipinski definition) is 1. The van der Waals surface area contributed by atoms with Crippen LogP contribution in [0.2, 0.25) is 0 Å². The Bertz CT molecular complexity index is 1180. The zero-order valence-corrected chi connectivity index (χ0v) is 17.7. The number of amides is 2. The van der Waals surface area contributed by atoms with Crippen molar-refractivity contribution in [1.82, 2.24) is 15.1 Å². The second kappa shape index (κ2) is 8.73. The van der Waals surface area contributed by atoms with Crippen molar-refractivity contribution in [3.63, 3.8) is 0 Å². The quantitative estimate of drug-likeness (QED) is 0.702. The molecule has 3 aromatic rings. The number of para-hydroxylation sites is 1. The number of hydrogen-bond acceptors (Lipinski definition) is 5. The Labute approximate surface area is 180 Å². The monoisotopic (exact) mass is 419 g/mol. The molecule has 1 aliphatic heterocycles. The van der Waals surface area contributed by atoms with Crippen LogP contribution < -0.4 is 10.7 Å². The SMILES string of the molecule is CNC(=O)CN1CCN(C(=O)c2cccc3c(=O)c(C)c(-c4ccccc4)oc23)CC1. The van der Waals surface area contributed by atoms with Crippen LogP contribution in [0.15, 0.2) is 57.7 Å². The molecule has 4 rings (SSSR count). The predicted molar refractivity (Wildman–Crippen MR) is 119 cm³/mol. The first kappa shape index (κ1) is 20.8. The Morgan fingerprint density at radius 1 is 1.00 bits per heavy atom. The van der Waals surface area contributed by atoms with Crippen molar-refractivity contribution < 1.29 is 14.0 Å². The van der Waals surface area contributed by atoms with Gasteiger partial charge >= 0.3 is 0 Å². The first-order valence-electron chi connectivity index (χ1n) is 10.3. The number of rotatable bonds is 4. The number of fused-ring (bicyclic) bond motifs is 1. The first-order chi connectivity index (χ1) is 15.0. The van der Waals surface area contributed by atoms with Gasteiger partial charge in [-0.2, -0.15) is 0 Å². The molecular weight excluding hydrogens is 394 g/mol. The summed E-state index contributed by atoms with van der Waals surface area (Å²) >= 11 is 0. The summed E-state index contributed by atoms with van der Waals surface area (Å²) in [5.41, 5.74) is 1.88. The lowest BCUT2D eigenvalue weighted by Crippen LogP contribution is -2.50. The van der Waals surface area contributed by atoms with Gasteiger partial charge in [0.1, 0.15) is 5.76 Å². The molecule has 1 saturated heterocycles. The van der Waals surface area contributed by atoms with Crippen LogP contribution in [-0.4, -0.2) is 61.4 Å². The van der Waals surface area contributed by atoms with Crippen LogP contribution >= 0.6 is 0 Å². The summed E-state index contributed by atoms with van der Waals surface area (Å²) < 4.78 is 6.18. The third-order valence-electron chi connectivity index (χ3n) is 5.72. The smallest absolute Gasteiger partial charge is 0.257 e. The van der Waals surface area contributed by atoms with Gasteiger partial charge in [0, 0.05) is 44.4 Å². The highest BCUT2D eigenvalue weighted by molar-refractivity contribution is 6.05. The van der Waals surface area contributed by atoms with Crippen molar-refractivity contribution in [3.8, 4) is 11.3 Å². The van der Waals surface area contributed by atoms with Gasteiger partial charge in [0.05, 0.1) is 17.5 Å². The topological polar surface area (TPSA) is 82.9 Å². The van der Waals surface area contributed by atoms with Gasteiger partial charge < -0.3 is 14.6 Å². The molecule has 7 heteroatoms. The van der Waals surface area contributed by atoms with Crippen LogP contribution in [0.25, 0.3) is 22.3 Å². The summed E-state index contributed by atoms with van der Waals surface area (Å²) in [6, 6.07) is 14.5. The molecule has 0 atom stereocenters. The van der Waals surface area contributed by atoms with Crippen LogP contribution in [0, 0.1) is 6.92 Å². The molecule has 2 aromatic carbocycles. The third-order valence-corrected chi connectivity index (χ3v) is 5.72. The minimum atomic E-state index is -0.170. The van der Waals surface area contributed by atoms with Crippen LogP contribution in [0.1, 0.15) is 15.9 Å². The summed E-state index contributed by atoms with van der Waals surface area (Å²) in [4.78, 5) is 41.7. The van der Waals surface area contributed by atoms with E-state index in [1.807, 2.05) is 35.2 Å².